The number of hydrogen-bond acceptors (Lipinski definition) is 1. The molecule has 0 amide bonds. The van der Waals surface area contributed by atoms with Crippen molar-refractivity contribution < 1.29 is 5.11 Å². The average molecular weight is 218 g/mol. The molecular weight excluding hydrogens is 206 g/mol. The van der Waals surface area contributed by atoms with Crippen LogP contribution in [0.2, 0.25) is 0 Å². The molecule has 1 heterocycles. The summed E-state index contributed by atoms with van der Waals surface area (Å²) < 4.78 is 2.91. The summed E-state index contributed by atoms with van der Waals surface area (Å²) in [6, 6.07) is 1.92. The molecule has 3 heteroatoms. The molecule has 62 valence electrons. The normalized spacial score (nSPS) is 12.1. The van der Waals surface area contributed by atoms with Gasteiger partial charge >= 0.3 is 0 Å². The van der Waals surface area contributed by atoms with E-state index in [1.165, 1.54) is 0 Å². The zero-order valence-corrected chi connectivity index (χ0v) is 8.51. The first kappa shape index (κ1) is 8.81. The van der Waals surface area contributed by atoms with Crippen molar-refractivity contribution in [3.63, 3.8) is 0 Å². The molecule has 0 spiro atoms. The van der Waals surface area contributed by atoms with Crippen LogP contribution in [0.4, 0.5) is 0 Å². The van der Waals surface area contributed by atoms with Crippen LogP contribution >= 0.6 is 15.9 Å². The first-order chi connectivity index (χ1) is 4.91. The molecule has 11 heavy (non-hydrogen) atoms. The maximum atomic E-state index is 9.59. The van der Waals surface area contributed by atoms with Gasteiger partial charge in [-0.1, -0.05) is 0 Å². The SMILES string of the molecule is Cn1cc(C(C)(C)O)cc1Br. The zero-order chi connectivity index (χ0) is 8.65. The standard InChI is InChI=1S/C8H12BrNO/c1-8(2,11)6-4-7(9)10(3)5-6/h4-5,11H,1-3H3. The molecule has 0 aliphatic heterocycles. The number of nitrogens with zero attached hydrogens (tertiary/aromatic N) is 1. The molecule has 2 nitrogen and oxygen atoms in total. The van der Waals surface area contributed by atoms with Gasteiger partial charge in [-0.3, -0.25) is 0 Å². The summed E-state index contributed by atoms with van der Waals surface area (Å²) in [5, 5.41) is 9.59. The fourth-order valence-electron chi connectivity index (χ4n) is 0.872. The fraction of sp³-hybridized carbons (Fsp3) is 0.500. The predicted molar refractivity (Wildman–Crippen MR) is 48.4 cm³/mol. The van der Waals surface area contributed by atoms with E-state index >= 15 is 0 Å². The molecule has 1 aromatic rings. The number of hydrogen-bond donors (Lipinski definition) is 1. The molecule has 0 aliphatic carbocycles. The lowest BCUT2D eigenvalue weighted by Gasteiger charge is -2.14. The van der Waals surface area contributed by atoms with E-state index in [2.05, 4.69) is 15.9 Å². The van der Waals surface area contributed by atoms with E-state index in [0.717, 1.165) is 10.2 Å². The second-order valence-electron chi connectivity index (χ2n) is 3.22. The van der Waals surface area contributed by atoms with Crippen LogP contribution < -0.4 is 0 Å². The predicted octanol–water partition coefficient (Wildman–Crippen LogP) is 2.01. The van der Waals surface area contributed by atoms with Crippen LogP contribution in [0.5, 0.6) is 0 Å². The molecule has 0 saturated carbocycles. The smallest absolute Gasteiger partial charge is 0.0855 e. The summed E-state index contributed by atoms with van der Waals surface area (Å²) in [7, 11) is 1.93. The summed E-state index contributed by atoms with van der Waals surface area (Å²) in [6.45, 7) is 3.55. The lowest BCUT2D eigenvalue weighted by atomic mass is 10.0. The van der Waals surface area contributed by atoms with Crippen LogP contribution in [-0.2, 0) is 12.6 Å². The molecule has 0 unspecified atom stereocenters. The Kier molecular flexibility index (Phi) is 2.12. The molecule has 0 saturated heterocycles. The van der Waals surface area contributed by atoms with Gasteiger partial charge in [0.1, 0.15) is 0 Å². The van der Waals surface area contributed by atoms with Gasteiger partial charge in [0, 0.05) is 18.8 Å². The highest BCUT2D eigenvalue weighted by molar-refractivity contribution is 9.10. The third kappa shape index (κ3) is 1.84. The quantitative estimate of drug-likeness (QED) is 0.766. The summed E-state index contributed by atoms with van der Waals surface area (Å²) >= 11 is 3.36. The monoisotopic (exact) mass is 217 g/mol. The number of aliphatic hydroxyl groups is 1. The van der Waals surface area contributed by atoms with Gasteiger partial charge in [-0.15, -0.1) is 0 Å². The van der Waals surface area contributed by atoms with Gasteiger partial charge in [0.2, 0.25) is 0 Å². The van der Waals surface area contributed by atoms with E-state index in [4.69, 9.17) is 0 Å². The van der Waals surface area contributed by atoms with Crippen molar-refractivity contribution in [2.75, 3.05) is 0 Å². The van der Waals surface area contributed by atoms with Crippen molar-refractivity contribution in [2.24, 2.45) is 7.05 Å². The summed E-state index contributed by atoms with van der Waals surface area (Å²) in [5.74, 6) is 0. The highest BCUT2D eigenvalue weighted by Crippen LogP contribution is 2.23. The molecule has 0 bridgehead atoms. The number of rotatable bonds is 1. The number of halogens is 1. The maximum Gasteiger partial charge on any atom is 0.0855 e. The van der Waals surface area contributed by atoms with Crippen molar-refractivity contribution in [3.05, 3.63) is 22.4 Å². The van der Waals surface area contributed by atoms with Crippen molar-refractivity contribution in [3.8, 4) is 0 Å². The molecule has 0 atom stereocenters. The Balaban J connectivity index is 3.08. The number of aromatic nitrogens is 1. The van der Waals surface area contributed by atoms with Crippen LogP contribution in [0.15, 0.2) is 16.9 Å². The second kappa shape index (κ2) is 2.64. The third-order valence-electron chi connectivity index (χ3n) is 1.65. The third-order valence-corrected chi connectivity index (χ3v) is 2.44. The topological polar surface area (TPSA) is 25.2 Å². The van der Waals surface area contributed by atoms with Crippen LogP contribution in [0.25, 0.3) is 0 Å². The summed E-state index contributed by atoms with van der Waals surface area (Å²) in [6.07, 6.45) is 1.91. The second-order valence-corrected chi connectivity index (χ2v) is 4.03. The Morgan fingerprint density at radius 2 is 2.09 bits per heavy atom. The Morgan fingerprint density at radius 1 is 1.55 bits per heavy atom. The summed E-state index contributed by atoms with van der Waals surface area (Å²) in [4.78, 5) is 0. The van der Waals surface area contributed by atoms with E-state index in [0.29, 0.717) is 0 Å². The Labute approximate surface area is 75.0 Å². The molecule has 0 aliphatic rings. The Bertz CT molecular complexity index is 240. The Morgan fingerprint density at radius 3 is 2.27 bits per heavy atom. The van der Waals surface area contributed by atoms with Gasteiger partial charge in [0.15, 0.2) is 0 Å². The minimum absolute atomic E-state index is 0.746. The van der Waals surface area contributed by atoms with E-state index in [1.54, 1.807) is 13.8 Å². The van der Waals surface area contributed by atoms with Gasteiger partial charge in [0.05, 0.1) is 10.2 Å². The first-order valence-corrected chi connectivity index (χ1v) is 4.25. The van der Waals surface area contributed by atoms with Crippen LogP contribution in [0.1, 0.15) is 19.4 Å². The minimum Gasteiger partial charge on any atom is -0.386 e. The van der Waals surface area contributed by atoms with Crippen LogP contribution in [-0.4, -0.2) is 9.67 Å². The molecular formula is C8H12BrNO. The van der Waals surface area contributed by atoms with Gasteiger partial charge in [0.25, 0.3) is 0 Å². The lowest BCUT2D eigenvalue weighted by molar-refractivity contribution is 0.0786. The molecule has 0 radical (unpaired) electrons. The van der Waals surface area contributed by atoms with E-state index < -0.39 is 5.60 Å². The Hall–Kier alpha value is -0.280. The van der Waals surface area contributed by atoms with E-state index in [9.17, 15) is 5.11 Å². The van der Waals surface area contributed by atoms with Crippen LogP contribution in [0.3, 0.4) is 0 Å². The molecule has 1 rings (SSSR count). The lowest BCUT2D eigenvalue weighted by Crippen LogP contribution is -2.14. The molecule has 0 fully saturated rings. The zero-order valence-electron chi connectivity index (χ0n) is 6.93. The van der Waals surface area contributed by atoms with Crippen molar-refractivity contribution >= 4 is 15.9 Å². The highest BCUT2D eigenvalue weighted by atomic mass is 79.9. The number of aryl methyl sites for hydroxylation is 1. The van der Waals surface area contributed by atoms with Gasteiger partial charge < -0.3 is 9.67 Å². The average Bonchev–Trinajstić information content (AvgIpc) is 2.11. The van der Waals surface area contributed by atoms with Crippen LogP contribution in [0, 0.1) is 0 Å². The fourth-order valence-corrected chi connectivity index (χ4v) is 1.22. The first-order valence-electron chi connectivity index (χ1n) is 3.46. The van der Waals surface area contributed by atoms with E-state index in [1.807, 2.05) is 23.9 Å². The molecule has 1 N–H and O–H groups in total. The van der Waals surface area contributed by atoms with Crippen molar-refractivity contribution in [1.29, 1.82) is 0 Å². The largest absolute Gasteiger partial charge is 0.386 e. The van der Waals surface area contributed by atoms with Gasteiger partial charge in [-0.2, -0.15) is 0 Å². The maximum absolute atomic E-state index is 9.59. The summed E-state index contributed by atoms with van der Waals surface area (Å²) in [5.41, 5.74) is 0.177. The molecule has 1 aromatic heterocycles. The van der Waals surface area contributed by atoms with Gasteiger partial charge in [-0.25, -0.2) is 0 Å². The van der Waals surface area contributed by atoms with Crippen molar-refractivity contribution in [2.45, 2.75) is 19.4 Å². The van der Waals surface area contributed by atoms with Crippen molar-refractivity contribution in [1.82, 2.24) is 4.57 Å². The van der Waals surface area contributed by atoms with E-state index in [-0.39, 0.29) is 0 Å². The van der Waals surface area contributed by atoms with Gasteiger partial charge in [-0.05, 0) is 35.8 Å². The highest BCUT2D eigenvalue weighted by Gasteiger charge is 2.17. The molecule has 0 aromatic carbocycles. The minimum atomic E-state index is -0.746.